The summed E-state index contributed by atoms with van der Waals surface area (Å²) in [5, 5.41) is 8.40. The molecule has 0 N–H and O–H groups in total. The zero-order valence-electron chi connectivity index (χ0n) is 13.3. The number of hydrogen-bond acceptors (Lipinski definition) is 5. The molecule has 0 aliphatic carbocycles. The summed E-state index contributed by atoms with van der Waals surface area (Å²) >= 11 is 5.94. The van der Waals surface area contributed by atoms with Crippen LogP contribution in [0, 0.1) is 5.82 Å². The van der Waals surface area contributed by atoms with Crippen LogP contribution in [0.3, 0.4) is 0 Å². The maximum Gasteiger partial charge on any atom is 0.311 e. The molecule has 1 atom stereocenters. The van der Waals surface area contributed by atoms with E-state index in [1.807, 2.05) is 0 Å². The van der Waals surface area contributed by atoms with Gasteiger partial charge in [-0.05, 0) is 42.8 Å². The topological polar surface area (TPSA) is 65.2 Å². The van der Waals surface area contributed by atoms with E-state index in [2.05, 4.69) is 10.2 Å². The first-order valence-electron chi connectivity index (χ1n) is 7.54. The highest BCUT2D eigenvalue weighted by Gasteiger charge is 2.19. The predicted molar refractivity (Wildman–Crippen MR) is 89.4 cm³/mol. The van der Waals surface area contributed by atoms with Crippen LogP contribution in [-0.4, -0.2) is 16.2 Å². The summed E-state index contributed by atoms with van der Waals surface area (Å²) in [7, 11) is 0. The molecule has 0 saturated heterocycles. The van der Waals surface area contributed by atoms with Gasteiger partial charge in [0.1, 0.15) is 5.82 Å². The number of hydrogen-bond donors (Lipinski definition) is 0. The molecule has 0 bridgehead atoms. The molecule has 0 fully saturated rings. The Morgan fingerprint density at radius 3 is 2.72 bits per heavy atom. The number of carbonyl (C=O) groups is 1. The van der Waals surface area contributed by atoms with Crippen molar-refractivity contribution in [2.75, 3.05) is 0 Å². The molecule has 25 heavy (non-hydrogen) atoms. The lowest BCUT2D eigenvalue weighted by Gasteiger charge is -2.09. The number of carbonyl (C=O) groups excluding carboxylic acids is 1. The van der Waals surface area contributed by atoms with Crippen LogP contribution in [0.5, 0.6) is 0 Å². The van der Waals surface area contributed by atoms with E-state index in [-0.39, 0.29) is 18.1 Å². The van der Waals surface area contributed by atoms with E-state index in [1.165, 1.54) is 24.3 Å². The van der Waals surface area contributed by atoms with Crippen molar-refractivity contribution in [3.05, 3.63) is 70.8 Å². The summed E-state index contributed by atoms with van der Waals surface area (Å²) in [4.78, 5) is 12.0. The van der Waals surface area contributed by atoms with E-state index in [4.69, 9.17) is 20.8 Å². The predicted octanol–water partition coefficient (Wildman–Crippen LogP) is 4.38. The average Bonchev–Trinajstić information content (AvgIpc) is 3.07. The molecular weight excluding hydrogens is 347 g/mol. The van der Waals surface area contributed by atoms with E-state index >= 15 is 0 Å². The second-order valence-corrected chi connectivity index (χ2v) is 5.83. The lowest BCUT2D eigenvalue weighted by Crippen LogP contribution is -2.11. The fourth-order valence-electron chi connectivity index (χ4n) is 2.20. The van der Waals surface area contributed by atoms with Gasteiger partial charge in [-0.15, -0.1) is 10.2 Å². The zero-order chi connectivity index (χ0) is 17.8. The normalized spacial score (nSPS) is 12.0. The molecule has 128 valence electrons. The first-order valence-corrected chi connectivity index (χ1v) is 7.92. The van der Waals surface area contributed by atoms with Crippen LogP contribution in [0.15, 0.2) is 52.9 Å². The Morgan fingerprint density at radius 1 is 1.24 bits per heavy atom. The Labute approximate surface area is 148 Å². The monoisotopic (exact) mass is 360 g/mol. The summed E-state index contributed by atoms with van der Waals surface area (Å²) in [5.41, 5.74) is 1.33. The molecule has 2 aromatic carbocycles. The molecule has 3 rings (SSSR count). The minimum Gasteiger partial charge on any atom is -0.452 e. The van der Waals surface area contributed by atoms with Gasteiger partial charge in [0.25, 0.3) is 5.89 Å². The highest BCUT2D eigenvalue weighted by Crippen LogP contribution is 2.24. The lowest BCUT2D eigenvalue weighted by atomic mass is 10.1. The van der Waals surface area contributed by atoms with Crippen molar-refractivity contribution in [3.63, 3.8) is 0 Å². The van der Waals surface area contributed by atoms with E-state index in [0.717, 1.165) is 0 Å². The van der Waals surface area contributed by atoms with Crippen molar-refractivity contribution in [1.29, 1.82) is 0 Å². The quantitative estimate of drug-likeness (QED) is 0.632. The van der Waals surface area contributed by atoms with Crippen molar-refractivity contribution in [3.8, 4) is 11.5 Å². The number of rotatable bonds is 5. The minimum absolute atomic E-state index is 0.0277. The average molecular weight is 361 g/mol. The second kappa shape index (κ2) is 7.44. The highest BCUT2D eigenvalue weighted by atomic mass is 35.5. The van der Waals surface area contributed by atoms with Gasteiger partial charge in [-0.2, -0.15) is 0 Å². The molecule has 0 saturated carbocycles. The zero-order valence-corrected chi connectivity index (χ0v) is 14.0. The lowest BCUT2D eigenvalue weighted by molar-refractivity contribution is -0.148. The van der Waals surface area contributed by atoms with Crippen LogP contribution < -0.4 is 0 Å². The van der Waals surface area contributed by atoms with Gasteiger partial charge < -0.3 is 9.15 Å². The van der Waals surface area contributed by atoms with Crippen LogP contribution in [0.2, 0.25) is 5.02 Å². The SMILES string of the molecule is C[C@H](OC(=O)Cc1ccc(F)cc1)c1nnc(-c2cccc(Cl)c2)o1. The molecule has 0 unspecified atom stereocenters. The van der Waals surface area contributed by atoms with Crippen molar-refractivity contribution in [2.24, 2.45) is 0 Å². The number of esters is 1. The smallest absolute Gasteiger partial charge is 0.311 e. The summed E-state index contributed by atoms with van der Waals surface area (Å²) in [6.07, 6.45) is -0.673. The Morgan fingerprint density at radius 2 is 2.00 bits per heavy atom. The fraction of sp³-hybridized carbons (Fsp3) is 0.167. The molecule has 0 spiro atoms. The van der Waals surface area contributed by atoms with Gasteiger partial charge in [-0.25, -0.2) is 4.39 Å². The molecule has 1 aromatic heterocycles. The van der Waals surface area contributed by atoms with Crippen LogP contribution in [-0.2, 0) is 16.0 Å². The molecule has 5 nitrogen and oxygen atoms in total. The van der Waals surface area contributed by atoms with Gasteiger partial charge in [-0.3, -0.25) is 4.79 Å². The Hall–Kier alpha value is -2.73. The summed E-state index contributed by atoms with van der Waals surface area (Å²) in [6, 6.07) is 12.6. The van der Waals surface area contributed by atoms with E-state index in [0.29, 0.717) is 22.0 Å². The van der Waals surface area contributed by atoms with E-state index in [9.17, 15) is 9.18 Å². The maximum atomic E-state index is 12.9. The first kappa shape index (κ1) is 17.1. The molecule has 7 heteroatoms. The standard InChI is InChI=1S/C18H14ClFN2O3/c1-11(24-16(23)9-12-5-7-15(20)8-6-12)17-21-22-18(25-17)13-3-2-4-14(19)10-13/h2-8,10-11H,9H2,1H3/t11-/m0/s1. The third-order valence-electron chi connectivity index (χ3n) is 3.43. The molecular formula is C18H14ClFN2O3. The fourth-order valence-corrected chi connectivity index (χ4v) is 2.39. The Balaban J connectivity index is 1.64. The van der Waals surface area contributed by atoms with Crippen LogP contribution in [0.1, 0.15) is 24.5 Å². The number of halogens is 2. The van der Waals surface area contributed by atoms with Crippen LogP contribution in [0.4, 0.5) is 4.39 Å². The Bertz CT molecular complexity index is 880. The van der Waals surface area contributed by atoms with E-state index < -0.39 is 12.1 Å². The molecule has 0 aliphatic rings. The number of aromatic nitrogens is 2. The molecule has 1 heterocycles. The Kier molecular flexibility index (Phi) is 5.09. The number of benzene rings is 2. The first-order chi connectivity index (χ1) is 12.0. The molecule has 0 aliphatic heterocycles. The number of nitrogens with zero attached hydrogens (tertiary/aromatic N) is 2. The van der Waals surface area contributed by atoms with Crippen LogP contribution in [0.25, 0.3) is 11.5 Å². The van der Waals surface area contributed by atoms with Crippen molar-refractivity contribution in [2.45, 2.75) is 19.4 Å². The molecule has 0 radical (unpaired) electrons. The van der Waals surface area contributed by atoms with Crippen molar-refractivity contribution in [1.82, 2.24) is 10.2 Å². The largest absolute Gasteiger partial charge is 0.452 e. The summed E-state index contributed by atoms with van der Waals surface area (Å²) < 4.78 is 23.7. The molecule has 0 amide bonds. The summed E-state index contributed by atoms with van der Waals surface area (Å²) in [6.45, 7) is 1.64. The van der Waals surface area contributed by atoms with Gasteiger partial charge >= 0.3 is 5.97 Å². The summed E-state index contributed by atoms with van der Waals surface area (Å²) in [5.74, 6) is -0.354. The molecule has 3 aromatic rings. The van der Waals surface area contributed by atoms with Crippen molar-refractivity contribution < 1.29 is 18.3 Å². The van der Waals surface area contributed by atoms with E-state index in [1.54, 1.807) is 31.2 Å². The third kappa shape index (κ3) is 4.42. The maximum absolute atomic E-state index is 12.9. The second-order valence-electron chi connectivity index (χ2n) is 5.39. The minimum atomic E-state index is -0.701. The van der Waals surface area contributed by atoms with Gasteiger partial charge in [0, 0.05) is 10.6 Å². The van der Waals surface area contributed by atoms with Crippen LogP contribution >= 0.6 is 11.6 Å². The van der Waals surface area contributed by atoms with Gasteiger partial charge in [0.05, 0.1) is 6.42 Å². The number of ether oxygens (including phenoxy) is 1. The van der Waals surface area contributed by atoms with Gasteiger partial charge in [0.15, 0.2) is 6.10 Å². The van der Waals surface area contributed by atoms with Crippen molar-refractivity contribution >= 4 is 17.6 Å². The van der Waals surface area contributed by atoms with Gasteiger partial charge in [-0.1, -0.05) is 29.8 Å². The third-order valence-corrected chi connectivity index (χ3v) is 3.67. The van der Waals surface area contributed by atoms with Gasteiger partial charge in [0.2, 0.25) is 5.89 Å². The highest BCUT2D eigenvalue weighted by molar-refractivity contribution is 6.30.